The molecule has 4 N–H and O–H groups in total. The summed E-state index contributed by atoms with van der Waals surface area (Å²) < 4.78 is 32.8. The predicted molar refractivity (Wildman–Crippen MR) is 124 cm³/mol. The molecule has 0 aromatic carbocycles. The number of carbonyl (C=O) groups excluding carboxylic acids is 2. The van der Waals surface area contributed by atoms with E-state index in [1.807, 2.05) is 0 Å². The molecule has 4 aliphatic carbocycles. The van der Waals surface area contributed by atoms with Gasteiger partial charge in [0.25, 0.3) is 0 Å². The van der Waals surface area contributed by atoms with E-state index in [2.05, 4.69) is 15.9 Å². The van der Waals surface area contributed by atoms with E-state index in [1.54, 1.807) is 20.8 Å². The first kappa shape index (κ1) is 26.6. The van der Waals surface area contributed by atoms with Gasteiger partial charge in [-0.1, -0.05) is 19.9 Å². The number of aliphatic carboxylic acids is 1. The third kappa shape index (κ3) is 3.39. The highest BCUT2D eigenvalue weighted by Gasteiger charge is 2.74. The van der Waals surface area contributed by atoms with E-state index < -0.39 is 82.2 Å². The monoisotopic (exact) mass is 560 g/mol. The molecule has 0 spiro atoms. The summed E-state index contributed by atoms with van der Waals surface area (Å²) in [6, 6.07) is 0. The molecule has 0 aliphatic heterocycles. The van der Waals surface area contributed by atoms with Gasteiger partial charge in [0.1, 0.15) is 23.5 Å². The van der Waals surface area contributed by atoms with Crippen molar-refractivity contribution in [3.05, 3.63) is 22.2 Å². The second-order valence-corrected chi connectivity index (χ2v) is 12.1. The molecule has 7 nitrogen and oxygen atoms in total. The number of allylic oxidation sites excluding steroid dienone is 4. The number of carbonyl (C=O) groups is 3. The molecule has 0 heterocycles. The van der Waals surface area contributed by atoms with E-state index in [0.29, 0.717) is 0 Å². The second kappa shape index (κ2) is 8.26. The van der Waals surface area contributed by atoms with Gasteiger partial charge in [0, 0.05) is 16.7 Å². The van der Waals surface area contributed by atoms with Gasteiger partial charge in [0.15, 0.2) is 11.6 Å². The molecular weight excluding hydrogens is 530 g/mol. The number of aliphatic hydroxyl groups is 3. The SMILES string of the molecule is C[C@H]1C[C@H]2[C@@H]3C[C@@H](F)C4=CC(=O)C(Br)=C[C@]4(C)[C@@]3(F)CC[C@]2(C)[C@@]1(O)C(=O)C(O)C(O)CC(=O)O. The quantitative estimate of drug-likeness (QED) is 0.406. The van der Waals surface area contributed by atoms with Crippen molar-refractivity contribution >= 4 is 33.5 Å². The molecular formula is C25H31BrF2O7. The van der Waals surface area contributed by atoms with Gasteiger partial charge in [-0.15, -0.1) is 0 Å². The molecule has 10 heteroatoms. The van der Waals surface area contributed by atoms with Crippen molar-refractivity contribution in [2.45, 2.75) is 82.5 Å². The number of hydrogen-bond acceptors (Lipinski definition) is 6. The maximum absolute atomic E-state index is 17.1. The zero-order valence-corrected chi connectivity index (χ0v) is 21.4. The molecule has 4 aliphatic rings. The van der Waals surface area contributed by atoms with Crippen LogP contribution < -0.4 is 0 Å². The molecule has 0 amide bonds. The van der Waals surface area contributed by atoms with Gasteiger partial charge in [-0.05, 0) is 72.0 Å². The number of ketones is 2. The van der Waals surface area contributed by atoms with Crippen LogP contribution in [-0.4, -0.2) is 67.6 Å². The third-order valence-corrected chi connectivity index (χ3v) is 10.3. The van der Waals surface area contributed by atoms with E-state index >= 15 is 8.78 Å². The average molecular weight is 561 g/mol. The number of rotatable bonds is 5. The molecule has 194 valence electrons. The molecule has 0 radical (unpaired) electrons. The minimum atomic E-state index is -2.17. The van der Waals surface area contributed by atoms with Crippen LogP contribution in [0.1, 0.15) is 52.9 Å². The van der Waals surface area contributed by atoms with Crippen LogP contribution in [0.4, 0.5) is 8.78 Å². The fraction of sp³-hybridized carbons (Fsp3) is 0.720. The van der Waals surface area contributed by atoms with Crippen LogP contribution in [-0.2, 0) is 14.4 Å². The number of aliphatic hydroxyl groups excluding tert-OH is 2. The second-order valence-electron chi connectivity index (χ2n) is 11.2. The summed E-state index contributed by atoms with van der Waals surface area (Å²) in [6.07, 6.45) is -4.02. The maximum Gasteiger partial charge on any atom is 0.306 e. The van der Waals surface area contributed by atoms with Gasteiger partial charge in [0.05, 0.1) is 17.0 Å². The molecule has 0 aromatic rings. The predicted octanol–water partition coefficient (Wildman–Crippen LogP) is 2.80. The number of alkyl halides is 2. The van der Waals surface area contributed by atoms with Gasteiger partial charge in [0.2, 0.25) is 0 Å². The molecule has 3 saturated carbocycles. The fourth-order valence-corrected chi connectivity index (χ4v) is 8.26. The van der Waals surface area contributed by atoms with Crippen LogP contribution in [0.2, 0.25) is 0 Å². The Bertz CT molecular complexity index is 1040. The lowest BCUT2D eigenvalue weighted by Crippen LogP contribution is -2.66. The Morgan fingerprint density at radius 1 is 1.20 bits per heavy atom. The topological polar surface area (TPSA) is 132 Å². The smallest absolute Gasteiger partial charge is 0.306 e. The van der Waals surface area contributed by atoms with Gasteiger partial charge >= 0.3 is 5.97 Å². The van der Waals surface area contributed by atoms with Gasteiger partial charge in [-0.3, -0.25) is 14.4 Å². The number of carboxylic acid groups (broad SMARTS) is 1. The summed E-state index contributed by atoms with van der Waals surface area (Å²) in [5, 5.41) is 41.2. The minimum absolute atomic E-state index is 0.0399. The number of fused-ring (bicyclic) bond motifs is 5. The summed E-state index contributed by atoms with van der Waals surface area (Å²) in [5.74, 6) is -5.20. The van der Waals surface area contributed by atoms with Crippen LogP contribution in [0.3, 0.4) is 0 Å². The highest BCUT2D eigenvalue weighted by molar-refractivity contribution is 9.12. The fourth-order valence-electron chi connectivity index (χ4n) is 7.69. The highest BCUT2D eigenvalue weighted by atomic mass is 79.9. The first-order chi connectivity index (χ1) is 16.0. The largest absolute Gasteiger partial charge is 0.481 e. The average Bonchev–Trinajstić information content (AvgIpc) is 2.97. The van der Waals surface area contributed by atoms with Gasteiger partial charge in [-0.25, -0.2) is 8.78 Å². The van der Waals surface area contributed by atoms with Crippen molar-refractivity contribution in [2.75, 3.05) is 0 Å². The van der Waals surface area contributed by atoms with Crippen molar-refractivity contribution in [3.63, 3.8) is 0 Å². The number of Topliss-reactive ketones (excluding diaryl/α,β-unsaturated/α-hetero) is 1. The molecule has 35 heavy (non-hydrogen) atoms. The van der Waals surface area contributed by atoms with Crippen molar-refractivity contribution in [2.24, 2.45) is 28.6 Å². The summed E-state index contributed by atoms with van der Waals surface area (Å²) in [7, 11) is 0. The van der Waals surface area contributed by atoms with E-state index in [1.165, 1.54) is 6.08 Å². The van der Waals surface area contributed by atoms with Crippen molar-refractivity contribution in [1.29, 1.82) is 0 Å². The lowest BCUT2D eigenvalue weighted by molar-refractivity contribution is -0.192. The van der Waals surface area contributed by atoms with Crippen LogP contribution in [0.15, 0.2) is 22.2 Å². The molecule has 10 atom stereocenters. The summed E-state index contributed by atoms with van der Waals surface area (Å²) >= 11 is 3.17. The molecule has 2 unspecified atom stereocenters. The Morgan fingerprint density at radius 3 is 2.43 bits per heavy atom. The Balaban J connectivity index is 1.74. The Hall–Kier alpha value is -1.49. The lowest BCUT2D eigenvalue weighted by atomic mass is 9.45. The number of carboxylic acids is 1. The summed E-state index contributed by atoms with van der Waals surface area (Å²) in [5.41, 5.74) is -6.65. The Morgan fingerprint density at radius 2 is 1.83 bits per heavy atom. The zero-order chi connectivity index (χ0) is 26.3. The van der Waals surface area contributed by atoms with Crippen molar-refractivity contribution in [1.82, 2.24) is 0 Å². The van der Waals surface area contributed by atoms with E-state index in [-0.39, 0.29) is 35.7 Å². The van der Waals surface area contributed by atoms with E-state index in [0.717, 1.165) is 6.08 Å². The maximum atomic E-state index is 17.1. The minimum Gasteiger partial charge on any atom is -0.481 e. The molecule has 0 saturated heterocycles. The summed E-state index contributed by atoms with van der Waals surface area (Å²) in [4.78, 5) is 36.5. The van der Waals surface area contributed by atoms with E-state index in [4.69, 9.17) is 5.11 Å². The van der Waals surface area contributed by atoms with Crippen molar-refractivity contribution < 1.29 is 43.6 Å². The Kier molecular flexibility index (Phi) is 6.27. The van der Waals surface area contributed by atoms with Crippen LogP contribution in [0.25, 0.3) is 0 Å². The van der Waals surface area contributed by atoms with Crippen LogP contribution in [0, 0.1) is 28.6 Å². The normalized spacial score (nSPS) is 46.5. The first-order valence-electron chi connectivity index (χ1n) is 11.9. The number of hydrogen-bond donors (Lipinski definition) is 4. The van der Waals surface area contributed by atoms with E-state index in [9.17, 15) is 29.7 Å². The number of halogens is 3. The van der Waals surface area contributed by atoms with Crippen molar-refractivity contribution in [3.8, 4) is 0 Å². The molecule has 0 aromatic heterocycles. The van der Waals surface area contributed by atoms with Gasteiger partial charge in [-0.2, -0.15) is 0 Å². The first-order valence-corrected chi connectivity index (χ1v) is 12.7. The van der Waals surface area contributed by atoms with Crippen LogP contribution in [0.5, 0.6) is 0 Å². The molecule has 0 bridgehead atoms. The third-order valence-electron chi connectivity index (χ3n) is 9.68. The standard InChI is InChI=1S/C25H31BrF2O7/c1-11-6-12-13-7-16(27)14-8-17(29)15(26)10-23(14,3)24(13,28)5-4-22(12,2)25(11,35)21(34)20(33)18(30)9-19(31)32/h8,10-13,16,18,20,30,33,35H,4-7,9H2,1-3H3,(H,31,32)/t11-,12-,13-,16+,18?,20?,22-,23-,24+,25-/m0/s1. The molecule has 3 fully saturated rings. The van der Waals surface area contributed by atoms with Gasteiger partial charge < -0.3 is 20.4 Å². The lowest BCUT2D eigenvalue weighted by Gasteiger charge is -2.61. The summed E-state index contributed by atoms with van der Waals surface area (Å²) in [6.45, 7) is 4.80. The zero-order valence-electron chi connectivity index (χ0n) is 19.8. The van der Waals surface area contributed by atoms with Crippen LogP contribution >= 0.6 is 15.9 Å². The Labute approximate surface area is 210 Å². The molecule has 4 rings (SSSR count). The highest BCUT2D eigenvalue weighted by Crippen LogP contribution is 2.71.